The number of benzene rings is 1. The van der Waals surface area contributed by atoms with Gasteiger partial charge >= 0.3 is 0 Å². The van der Waals surface area contributed by atoms with Crippen LogP contribution in [-0.2, 0) is 0 Å². The Hall–Kier alpha value is -1.09. The quantitative estimate of drug-likeness (QED) is 0.806. The van der Waals surface area contributed by atoms with E-state index in [9.17, 15) is 0 Å². The summed E-state index contributed by atoms with van der Waals surface area (Å²) in [6, 6.07) is 8.71. The van der Waals surface area contributed by atoms with Crippen molar-refractivity contribution < 1.29 is 0 Å². The summed E-state index contributed by atoms with van der Waals surface area (Å²) in [5.41, 5.74) is 7.68. The molecule has 0 heterocycles. The maximum Gasteiger partial charge on any atom is 0.103 e. The molecule has 2 atom stereocenters. The standard InChI is InChI=1S/C14H20N2S/c1-10-4-2-3-5-13(10)16-12-8-6-11(7-9-12)14(15)17/h6-10,13,16H,2-5H2,1H3,(H2,15,17). The molecule has 92 valence electrons. The van der Waals surface area contributed by atoms with Gasteiger partial charge in [-0.1, -0.05) is 32.0 Å². The monoisotopic (exact) mass is 248 g/mol. The summed E-state index contributed by atoms with van der Waals surface area (Å²) in [5, 5.41) is 3.61. The number of nitrogens with two attached hydrogens (primary N) is 1. The van der Waals surface area contributed by atoms with Gasteiger partial charge in [-0.15, -0.1) is 0 Å². The van der Waals surface area contributed by atoms with Gasteiger partial charge in [-0.2, -0.15) is 0 Å². The topological polar surface area (TPSA) is 38.0 Å². The van der Waals surface area contributed by atoms with Crippen LogP contribution < -0.4 is 11.1 Å². The molecule has 1 aliphatic rings. The summed E-state index contributed by atoms with van der Waals surface area (Å²) >= 11 is 4.94. The highest BCUT2D eigenvalue weighted by molar-refractivity contribution is 7.80. The molecule has 1 aliphatic carbocycles. The van der Waals surface area contributed by atoms with Gasteiger partial charge in [0.05, 0.1) is 0 Å². The van der Waals surface area contributed by atoms with Crippen molar-refractivity contribution in [3.8, 4) is 0 Å². The third kappa shape index (κ3) is 3.19. The van der Waals surface area contributed by atoms with E-state index in [2.05, 4.69) is 24.4 Å². The third-order valence-electron chi connectivity index (χ3n) is 3.63. The lowest BCUT2D eigenvalue weighted by Gasteiger charge is -2.30. The fourth-order valence-corrected chi connectivity index (χ4v) is 2.61. The molecule has 0 amide bonds. The second kappa shape index (κ2) is 5.50. The molecule has 0 saturated heterocycles. The summed E-state index contributed by atoms with van der Waals surface area (Å²) in [4.78, 5) is 0.461. The van der Waals surface area contributed by atoms with Crippen LogP contribution in [-0.4, -0.2) is 11.0 Å². The summed E-state index contributed by atoms with van der Waals surface area (Å²) in [7, 11) is 0. The number of anilines is 1. The summed E-state index contributed by atoms with van der Waals surface area (Å²) in [6.07, 6.45) is 5.33. The van der Waals surface area contributed by atoms with Crippen LogP contribution in [0, 0.1) is 5.92 Å². The highest BCUT2D eigenvalue weighted by atomic mass is 32.1. The second-order valence-corrected chi connectivity index (χ2v) is 5.39. The Morgan fingerprint density at radius 2 is 1.88 bits per heavy atom. The zero-order valence-electron chi connectivity index (χ0n) is 10.3. The number of hydrogen-bond acceptors (Lipinski definition) is 2. The van der Waals surface area contributed by atoms with Gasteiger partial charge in [0.1, 0.15) is 4.99 Å². The zero-order valence-corrected chi connectivity index (χ0v) is 11.1. The Morgan fingerprint density at radius 3 is 2.47 bits per heavy atom. The summed E-state index contributed by atoms with van der Waals surface area (Å²) in [5.74, 6) is 0.763. The molecule has 2 nitrogen and oxygen atoms in total. The first kappa shape index (κ1) is 12.4. The minimum atomic E-state index is 0.461. The van der Waals surface area contributed by atoms with Gasteiger partial charge in [-0.05, 0) is 43.0 Å². The van der Waals surface area contributed by atoms with Crippen molar-refractivity contribution >= 4 is 22.9 Å². The van der Waals surface area contributed by atoms with Crippen molar-refractivity contribution in [2.75, 3.05) is 5.32 Å². The Bertz CT molecular complexity index is 386. The first-order valence-electron chi connectivity index (χ1n) is 6.33. The molecule has 2 rings (SSSR count). The molecule has 2 unspecified atom stereocenters. The molecule has 0 radical (unpaired) electrons. The molecule has 1 fully saturated rings. The molecule has 0 bridgehead atoms. The molecule has 0 spiro atoms. The molecular weight excluding hydrogens is 228 g/mol. The maximum absolute atomic E-state index is 5.58. The molecular formula is C14H20N2S. The Labute approximate surface area is 109 Å². The van der Waals surface area contributed by atoms with E-state index in [0.29, 0.717) is 11.0 Å². The largest absolute Gasteiger partial charge is 0.389 e. The van der Waals surface area contributed by atoms with Crippen molar-refractivity contribution in [1.82, 2.24) is 0 Å². The van der Waals surface area contributed by atoms with E-state index in [1.54, 1.807) is 0 Å². The number of hydrogen-bond donors (Lipinski definition) is 2. The normalized spacial score (nSPS) is 24.3. The molecule has 0 aliphatic heterocycles. The fourth-order valence-electron chi connectivity index (χ4n) is 2.48. The molecule has 0 aromatic heterocycles. The predicted molar refractivity (Wildman–Crippen MR) is 77.4 cm³/mol. The molecule has 1 aromatic rings. The number of rotatable bonds is 3. The van der Waals surface area contributed by atoms with Crippen molar-refractivity contribution in [2.45, 2.75) is 38.6 Å². The lowest BCUT2D eigenvalue weighted by Crippen LogP contribution is -2.30. The van der Waals surface area contributed by atoms with E-state index in [0.717, 1.165) is 11.5 Å². The summed E-state index contributed by atoms with van der Waals surface area (Å²) in [6.45, 7) is 2.33. The van der Waals surface area contributed by atoms with Crippen LogP contribution in [0.3, 0.4) is 0 Å². The molecule has 1 aromatic carbocycles. The second-order valence-electron chi connectivity index (χ2n) is 4.95. The minimum absolute atomic E-state index is 0.461. The first-order valence-corrected chi connectivity index (χ1v) is 6.74. The Kier molecular flexibility index (Phi) is 4.00. The molecule has 3 heteroatoms. The molecule has 17 heavy (non-hydrogen) atoms. The Balaban J connectivity index is 2.00. The molecule has 1 saturated carbocycles. The molecule has 3 N–H and O–H groups in total. The van der Waals surface area contributed by atoms with Gasteiger partial charge in [-0.3, -0.25) is 0 Å². The van der Waals surface area contributed by atoms with E-state index in [1.807, 2.05) is 12.1 Å². The Morgan fingerprint density at radius 1 is 1.24 bits per heavy atom. The van der Waals surface area contributed by atoms with Gasteiger partial charge in [0.15, 0.2) is 0 Å². The van der Waals surface area contributed by atoms with Crippen molar-refractivity contribution in [3.05, 3.63) is 29.8 Å². The zero-order chi connectivity index (χ0) is 12.3. The van der Waals surface area contributed by atoms with Crippen LogP contribution in [0.4, 0.5) is 5.69 Å². The summed E-state index contributed by atoms with van der Waals surface area (Å²) < 4.78 is 0. The van der Waals surface area contributed by atoms with Gasteiger partial charge in [0.2, 0.25) is 0 Å². The third-order valence-corrected chi connectivity index (χ3v) is 3.87. The van der Waals surface area contributed by atoms with Crippen LogP contribution in [0.5, 0.6) is 0 Å². The number of thiocarbonyl (C=S) groups is 1. The lowest BCUT2D eigenvalue weighted by molar-refractivity contribution is 0.349. The smallest absolute Gasteiger partial charge is 0.103 e. The lowest BCUT2D eigenvalue weighted by atomic mass is 9.86. The van der Waals surface area contributed by atoms with Crippen LogP contribution in [0.1, 0.15) is 38.2 Å². The van der Waals surface area contributed by atoms with Gasteiger partial charge in [-0.25, -0.2) is 0 Å². The van der Waals surface area contributed by atoms with E-state index >= 15 is 0 Å². The van der Waals surface area contributed by atoms with Crippen LogP contribution in [0.25, 0.3) is 0 Å². The van der Waals surface area contributed by atoms with E-state index in [1.165, 1.54) is 31.4 Å². The fraction of sp³-hybridized carbons (Fsp3) is 0.500. The minimum Gasteiger partial charge on any atom is -0.389 e. The highest BCUT2D eigenvalue weighted by Crippen LogP contribution is 2.26. The highest BCUT2D eigenvalue weighted by Gasteiger charge is 2.20. The average molecular weight is 248 g/mol. The van der Waals surface area contributed by atoms with Crippen molar-refractivity contribution in [2.24, 2.45) is 11.7 Å². The average Bonchev–Trinajstić information content (AvgIpc) is 2.33. The first-order chi connectivity index (χ1) is 8.16. The SMILES string of the molecule is CC1CCCCC1Nc1ccc(C(N)=S)cc1. The van der Waals surface area contributed by atoms with Crippen LogP contribution >= 0.6 is 12.2 Å². The van der Waals surface area contributed by atoms with Gasteiger partial charge < -0.3 is 11.1 Å². The van der Waals surface area contributed by atoms with Gasteiger partial charge in [0, 0.05) is 17.3 Å². The van der Waals surface area contributed by atoms with E-state index in [-0.39, 0.29) is 0 Å². The predicted octanol–water partition coefficient (Wildman–Crippen LogP) is 3.31. The van der Waals surface area contributed by atoms with Crippen molar-refractivity contribution in [3.63, 3.8) is 0 Å². The number of nitrogens with one attached hydrogen (secondary N) is 1. The van der Waals surface area contributed by atoms with Crippen LogP contribution in [0.15, 0.2) is 24.3 Å². The maximum atomic E-state index is 5.58. The van der Waals surface area contributed by atoms with Crippen molar-refractivity contribution in [1.29, 1.82) is 0 Å². The van der Waals surface area contributed by atoms with Gasteiger partial charge in [0.25, 0.3) is 0 Å². The van der Waals surface area contributed by atoms with E-state index in [4.69, 9.17) is 18.0 Å². The van der Waals surface area contributed by atoms with E-state index < -0.39 is 0 Å². The van der Waals surface area contributed by atoms with Crippen LogP contribution in [0.2, 0.25) is 0 Å².